The van der Waals surface area contributed by atoms with E-state index in [-0.39, 0.29) is 0 Å². The van der Waals surface area contributed by atoms with Crippen LogP contribution in [0.2, 0.25) is 0 Å². The van der Waals surface area contributed by atoms with Crippen LogP contribution in [0.15, 0.2) is 167 Å². The Morgan fingerprint density at radius 2 is 0.940 bits per heavy atom. The number of fused-ring (bicyclic) bond motifs is 5. The summed E-state index contributed by atoms with van der Waals surface area (Å²) in [6.07, 6.45) is 0. The molecule has 7 aromatic carbocycles. The highest BCUT2D eigenvalue weighted by molar-refractivity contribution is 6.16. The molecule has 6 heteroatoms. The molecular weight excluding hydrogens is 617 g/mol. The molecule has 0 bridgehead atoms. The summed E-state index contributed by atoms with van der Waals surface area (Å²) < 4.78 is 13.3. The van der Waals surface area contributed by atoms with E-state index in [9.17, 15) is 0 Å². The summed E-state index contributed by atoms with van der Waals surface area (Å²) in [5, 5.41) is 4.16. The normalized spacial score (nSPS) is 11.6. The van der Waals surface area contributed by atoms with Gasteiger partial charge in [0.2, 0.25) is 5.89 Å². The smallest absolute Gasteiger partial charge is 0.227 e. The van der Waals surface area contributed by atoms with E-state index in [1.54, 1.807) is 0 Å². The second-order valence-corrected chi connectivity index (χ2v) is 12.3. The lowest BCUT2D eigenvalue weighted by atomic mass is 10.0. The van der Waals surface area contributed by atoms with Gasteiger partial charge < -0.3 is 8.83 Å². The molecule has 0 N–H and O–H groups in total. The van der Waals surface area contributed by atoms with Gasteiger partial charge in [0.15, 0.2) is 23.1 Å². The van der Waals surface area contributed by atoms with E-state index < -0.39 is 0 Å². The molecular formula is C44H26N4O2. The molecule has 10 aromatic rings. The number of aromatic nitrogens is 4. The van der Waals surface area contributed by atoms with E-state index in [0.29, 0.717) is 45.6 Å². The summed E-state index contributed by atoms with van der Waals surface area (Å²) in [6.45, 7) is 0. The molecule has 0 unspecified atom stereocenters. The first-order valence-electron chi connectivity index (χ1n) is 16.5. The third kappa shape index (κ3) is 4.73. The fourth-order valence-corrected chi connectivity index (χ4v) is 6.67. The van der Waals surface area contributed by atoms with Crippen molar-refractivity contribution in [3.63, 3.8) is 0 Å². The lowest BCUT2D eigenvalue weighted by molar-refractivity contribution is 0.618. The van der Waals surface area contributed by atoms with Gasteiger partial charge in [-0.15, -0.1) is 0 Å². The monoisotopic (exact) mass is 642 g/mol. The largest absolute Gasteiger partial charge is 0.455 e. The van der Waals surface area contributed by atoms with Gasteiger partial charge in [-0.3, -0.25) is 0 Å². The van der Waals surface area contributed by atoms with E-state index in [1.165, 1.54) is 0 Å². The van der Waals surface area contributed by atoms with Crippen molar-refractivity contribution < 1.29 is 8.83 Å². The number of hydrogen-bond donors (Lipinski definition) is 0. The highest BCUT2D eigenvalue weighted by Gasteiger charge is 2.25. The molecule has 0 fully saturated rings. The van der Waals surface area contributed by atoms with Gasteiger partial charge in [-0.05, 0) is 46.2 Å². The van der Waals surface area contributed by atoms with Gasteiger partial charge in [0.1, 0.15) is 22.2 Å². The highest BCUT2D eigenvalue weighted by Crippen LogP contribution is 2.42. The molecule has 234 valence electrons. The summed E-state index contributed by atoms with van der Waals surface area (Å²) in [7, 11) is 0. The Bertz CT molecular complexity index is 2860. The third-order valence-electron chi connectivity index (χ3n) is 9.16. The van der Waals surface area contributed by atoms with Crippen molar-refractivity contribution in [2.45, 2.75) is 0 Å². The first kappa shape index (κ1) is 28.1. The van der Waals surface area contributed by atoms with Crippen LogP contribution in [0.5, 0.6) is 0 Å². The summed E-state index contributed by atoms with van der Waals surface area (Å²) in [5.41, 5.74) is 8.16. The van der Waals surface area contributed by atoms with Gasteiger partial charge >= 0.3 is 0 Å². The zero-order chi connectivity index (χ0) is 33.0. The molecule has 0 aliphatic rings. The number of oxazole rings is 1. The van der Waals surface area contributed by atoms with Gasteiger partial charge in [-0.2, -0.15) is 0 Å². The molecule has 6 nitrogen and oxygen atoms in total. The minimum Gasteiger partial charge on any atom is -0.455 e. The maximum Gasteiger partial charge on any atom is 0.227 e. The number of para-hydroxylation sites is 1. The molecule has 10 rings (SSSR count). The number of hydrogen-bond acceptors (Lipinski definition) is 6. The summed E-state index contributed by atoms with van der Waals surface area (Å²) >= 11 is 0. The van der Waals surface area contributed by atoms with Gasteiger partial charge in [-0.25, -0.2) is 19.9 Å². The van der Waals surface area contributed by atoms with Gasteiger partial charge in [0.25, 0.3) is 0 Å². The van der Waals surface area contributed by atoms with E-state index in [2.05, 4.69) is 66.7 Å². The van der Waals surface area contributed by atoms with Crippen LogP contribution in [-0.4, -0.2) is 19.9 Å². The molecule has 0 atom stereocenters. The van der Waals surface area contributed by atoms with E-state index in [4.69, 9.17) is 28.8 Å². The Kier molecular flexibility index (Phi) is 6.39. The van der Waals surface area contributed by atoms with Gasteiger partial charge in [-0.1, -0.05) is 133 Å². The van der Waals surface area contributed by atoms with Gasteiger partial charge in [0.05, 0.1) is 0 Å². The van der Waals surface area contributed by atoms with Crippen molar-refractivity contribution in [3.8, 4) is 56.7 Å². The molecule has 3 heterocycles. The predicted octanol–water partition coefficient (Wildman–Crippen LogP) is 11.4. The molecule has 0 aliphatic carbocycles. The maximum atomic E-state index is 6.68. The lowest BCUT2D eigenvalue weighted by Crippen LogP contribution is -2.00. The van der Waals surface area contributed by atoms with Crippen LogP contribution in [0.25, 0.3) is 101 Å². The van der Waals surface area contributed by atoms with E-state index in [1.807, 2.05) is 91.0 Å². The fraction of sp³-hybridized carbons (Fsp3) is 0. The van der Waals surface area contributed by atoms with Crippen molar-refractivity contribution in [1.29, 1.82) is 0 Å². The Labute approximate surface area is 286 Å². The van der Waals surface area contributed by atoms with Crippen LogP contribution >= 0.6 is 0 Å². The first-order chi connectivity index (χ1) is 24.7. The number of furan rings is 1. The molecule has 0 saturated carbocycles. The first-order valence-corrected chi connectivity index (χ1v) is 16.5. The van der Waals surface area contributed by atoms with Crippen LogP contribution < -0.4 is 0 Å². The Morgan fingerprint density at radius 3 is 1.72 bits per heavy atom. The minimum atomic E-state index is 0.442. The van der Waals surface area contributed by atoms with Crippen molar-refractivity contribution in [3.05, 3.63) is 158 Å². The van der Waals surface area contributed by atoms with E-state index in [0.717, 1.165) is 54.9 Å². The minimum absolute atomic E-state index is 0.442. The van der Waals surface area contributed by atoms with Crippen molar-refractivity contribution in [1.82, 2.24) is 19.9 Å². The van der Waals surface area contributed by atoms with Crippen molar-refractivity contribution in [2.75, 3.05) is 0 Å². The zero-order valence-corrected chi connectivity index (χ0v) is 26.6. The van der Waals surface area contributed by atoms with Crippen LogP contribution in [0.1, 0.15) is 0 Å². The number of rotatable bonds is 5. The Hall–Kier alpha value is -6.92. The topological polar surface area (TPSA) is 77.8 Å². The molecule has 3 aromatic heterocycles. The molecule has 0 radical (unpaired) electrons. The highest BCUT2D eigenvalue weighted by atomic mass is 16.4. The van der Waals surface area contributed by atoms with Crippen molar-refractivity contribution in [2.24, 2.45) is 0 Å². The van der Waals surface area contributed by atoms with Gasteiger partial charge in [0, 0.05) is 27.5 Å². The lowest BCUT2D eigenvalue weighted by Gasteiger charge is -2.10. The summed E-state index contributed by atoms with van der Waals surface area (Å²) in [5.74, 6) is 2.05. The molecule has 0 aliphatic heterocycles. The summed E-state index contributed by atoms with van der Waals surface area (Å²) in [6, 6.07) is 53.1. The van der Waals surface area contributed by atoms with Crippen LogP contribution in [-0.2, 0) is 0 Å². The molecule has 0 amide bonds. The Balaban J connectivity index is 1.22. The molecule has 0 spiro atoms. The third-order valence-corrected chi connectivity index (χ3v) is 9.16. The average Bonchev–Trinajstić information content (AvgIpc) is 3.79. The average molecular weight is 643 g/mol. The van der Waals surface area contributed by atoms with Crippen molar-refractivity contribution >= 4 is 43.8 Å². The zero-order valence-electron chi connectivity index (χ0n) is 26.6. The fourth-order valence-electron chi connectivity index (χ4n) is 6.67. The van der Waals surface area contributed by atoms with E-state index >= 15 is 0 Å². The number of nitrogens with zero attached hydrogens (tertiary/aromatic N) is 4. The Morgan fingerprint density at radius 1 is 0.360 bits per heavy atom. The molecule has 50 heavy (non-hydrogen) atoms. The second kappa shape index (κ2) is 11.4. The quantitative estimate of drug-likeness (QED) is 0.186. The second-order valence-electron chi connectivity index (χ2n) is 12.3. The standard InChI is InChI=1S/C44H26N4O2/c1-3-11-27(12-4-1)29-19-22-31(23-20-29)42-46-41(30-14-5-2-6-15-30)47-43(48-42)38-39-35(34-17-9-10-18-37(34)49-39)26-36-40(38)50-44(45-36)33-24-21-28-13-7-8-16-32(28)25-33/h1-26H. The molecule has 0 saturated heterocycles. The van der Waals surface area contributed by atoms with Crippen LogP contribution in [0.3, 0.4) is 0 Å². The maximum absolute atomic E-state index is 6.68. The van der Waals surface area contributed by atoms with Crippen LogP contribution in [0.4, 0.5) is 0 Å². The SMILES string of the molecule is c1ccc(-c2ccc(-c3nc(-c4ccccc4)nc(-c4c5oc(-c6ccc7ccccc7c6)nc5cc5c4oc4ccccc45)n3)cc2)cc1. The predicted molar refractivity (Wildman–Crippen MR) is 199 cm³/mol. The number of benzene rings is 7. The van der Waals surface area contributed by atoms with Crippen LogP contribution in [0, 0.1) is 0 Å². The summed E-state index contributed by atoms with van der Waals surface area (Å²) in [4.78, 5) is 20.2.